The van der Waals surface area contributed by atoms with Crippen LogP contribution in [0.25, 0.3) is 0 Å². The number of nitrogens with one attached hydrogen (secondary N) is 1. The number of aromatic nitrogens is 2. The lowest BCUT2D eigenvalue weighted by atomic mass is 10.1. The Morgan fingerprint density at radius 1 is 1.24 bits per heavy atom. The molecule has 0 aromatic carbocycles. The Bertz CT molecular complexity index is 603. The molecule has 21 heavy (non-hydrogen) atoms. The van der Waals surface area contributed by atoms with Crippen molar-refractivity contribution in [1.29, 1.82) is 0 Å². The molecule has 0 aliphatic carbocycles. The average Bonchev–Trinajstić information content (AvgIpc) is 2.37. The zero-order valence-corrected chi connectivity index (χ0v) is 13.4. The van der Waals surface area contributed by atoms with Gasteiger partial charge in [0.2, 0.25) is 5.88 Å². The van der Waals surface area contributed by atoms with Crippen LogP contribution in [0, 0.1) is 13.8 Å². The van der Waals surface area contributed by atoms with Crippen LogP contribution in [0.4, 0.5) is 0 Å². The number of rotatable bonds is 4. The summed E-state index contributed by atoms with van der Waals surface area (Å²) in [6.45, 7) is 11.2. The van der Waals surface area contributed by atoms with Gasteiger partial charge in [-0.25, -0.2) is 4.98 Å². The lowest BCUT2D eigenvalue weighted by molar-refractivity contribution is 0.407. The molecule has 4 nitrogen and oxygen atoms in total. The summed E-state index contributed by atoms with van der Waals surface area (Å²) < 4.78 is 5.92. The van der Waals surface area contributed by atoms with Crippen LogP contribution in [0.1, 0.15) is 37.6 Å². The quantitative estimate of drug-likeness (QED) is 0.928. The monoisotopic (exact) mass is 285 g/mol. The van der Waals surface area contributed by atoms with Gasteiger partial charge in [-0.05, 0) is 58.4 Å². The fraction of sp³-hybridized carbons (Fsp3) is 0.412. The van der Waals surface area contributed by atoms with Crippen molar-refractivity contribution in [2.75, 3.05) is 0 Å². The largest absolute Gasteiger partial charge is 0.437 e. The van der Waals surface area contributed by atoms with Crippen molar-refractivity contribution >= 4 is 0 Å². The zero-order chi connectivity index (χ0) is 15.5. The number of nitrogens with zero attached hydrogens (tertiary/aromatic N) is 2. The van der Waals surface area contributed by atoms with Crippen molar-refractivity contribution in [1.82, 2.24) is 15.3 Å². The Balaban J connectivity index is 2.30. The fourth-order valence-electron chi connectivity index (χ4n) is 2.00. The topological polar surface area (TPSA) is 47.0 Å². The Morgan fingerprint density at radius 2 is 2.00 bits per heavy atom. The lowest BCUT2D eigenvalue weighted by Crippen LogP contribution is -2.35. The van der Waals surface area contributed by atoms with E-state index in [0.29, 0.717) is 11.6 Å². The highest BCUT2D eigenvalue weighted by Crippen LogP contribution is 2.26. The molecule has 0 amide bonds. The Hall–Kier alpha value is -1.94. The van der Waals surface area contributed by atoms with E-state index in [1.54, 1.807) is 12.4 Å². The number of pyridine rings is 2. The van der Waals surface area contributed by atoms with Gasteiger partial charge >= 0.3 is 0 Å². The molecular weight excluding hydrogens is 262 g/mol. The van der Waals surface area contributed by atoms with E-state index in [0.717, 1.165) is 17.8 Å². The number of hydrogen-bond acceptors (Lipinski definition) is 4. The van der Waals surface area contributed by atoms with Gasteiger partial charge in [0.05, 0.1) is 6.20 Å². The van der Waals surface area contributed by atoms with Gasteiger partial charge in [-0.3, -0.25) is 4.98 Å². The number of hydrogen-bond donors (Lipinski definition) is 1. The maximum atomic E-state index is 5.92. The third-order valence-electron chi connectivity index (χ3n) is 3.08. The van der Waals surface area contributed by atoms with Gasteiger partial charge in [-0.15, -0.1) is 0 Å². The van der Waals surface area contributed by atoms with E-state index in [1.165, 1.54) is 5.56 Å². The molecule has 0 aliphatic heterocycles. The summed E-state index contributed by atoms with van der Waals surface area (Å²) in [5.74, 6) is 1.35. The zero-order valence-electron chi connectivity index (χ0n) is 13.4. The van der Waals surface area contributed by atoms with E-state index in [1.807, 2.05) is 19.1 Å². The maximum Gasteiger partial charge on any atom is 0.224 e. The molecule has 0 aliphatic rings. The summed E-state index contributed by atoms with van der Waals surface area (Å²) >= 11 is 0. The maximum absolute atomic E-state index is 5.92. The van der Waals surface area contributed by atoms with E-state index in [-0.39, 0.29) is 5.54 Å². The predicted octanol–water partition coefficient (Wildman–Crippen LogP) is 3.77. The molecule has 112 valence electrons. The highest BCUT2D eigenvalue weighted by atomic mass is 16.5. The summed E-state index contributed by atoms with van der Waals surface area (Å²) in [6, 6.07) is 5.81. The van der Waals surface area contributed by atoms with Crippen LogP contribution in [-0.2, 0) is 6.54 Å². The fourth-order valence-corrected chi connectivity index (χ4v) is 2.00. The third kappa shape index (κ3) is 4.53. The molecule has 1 N–H and O–H groups in total. The molecule has 0 saturated carbocycles. The standard InChI is InChI=1S/C17H23N3O/c1-12-9-13(2)20-16(15(12)11-19-17(3,4)5)21-14-7-6-8-18-10-14/h6-10,19H,11H2,1-5H3. The Kier molecular flexibility index (Phi) is 4.58. The second-order valence-corrected chi connectivity index (χ2v) is 6.26. The number of ether oxygens (including phenoxy) is 1. The van der Waals surface area contributed by atoms with Crippen LogP contribution < -0.4 is 10.1 Å². The van der Waals surface area contributed by atoms with Crippen LogP contribution >= 0.6 is 0 Å². The first-order valence-electron chi connectivity index (χ1n) is 7.15. The molecular formula is C17H23N3O. The lowest BCUT2D eigenvalue weighted by Gasteiger charge is -2.22. The molecule has 0 unspecified atom stereocenters. The van der Waals surface area contributed by atoms with E-state index >= 15 is 0 Å². The molecule has 0 atom stereocenters. The smallest absolute Gasteiger partial charge is 0.224 e. The minimum atomic E-state index is 0.0445. The minimum Gasteiger partial charge on any atom is -0.437 e. The van der Waals surface area contributed by atoms with Crippen molar-refractivity contribution in [3.8, 4) is 11.6 Å². The first kappa shape index (κ1) is 15.4. The minimum absolute atomic E-state index is 0.0445. The highest BCUT2D eigenvalue weighted by Gasteiger charge is 2.15. The van der Waals surface area contributed by atoms with E-state index in [4.69, 9.17) is 4.74 Å². The summed E-state index contributed by atoms with van der Waals surface area (Å²) in [4.78, 5) is 8.61. The van der Waals surface area contributed by atoms with Crippen molar-refractivity contribution in [3.05, 3.63) is 47.4 Å². The molecule has 4 heteroatoms. The molecule has 0 fully saturated rings. The van der Waals surface area contributed by atoms with E-state index in [9.17, 15) is 0 Å². The number of aryl methyl sites for hydroxylation is 2. The van der Waals surface area contributed by atoms with Gasteiger partial charge in [0.1, 0.15) is 5.75 Å². The van der Waals surface area contributed by atoms with Crippen LogP contribution in [-0.4, -0.2) is 15.5 Å². The highest BCUT2D eigenvalue weighted by molar-refractivity contribution is 5.38. The average molecular weight is 285 g/mol. The van der Waals surface area contributed by atoms with Crippen LogP contribution in [0.3, 0.4) is 0 Å². The summed E-state index contributed by atoms with van der Waals surface area (Å²) in [5.41, 5.74) is 3.26. The summed E-state index contributed by atoms with van der Waals surface area (Å²) in [6.07, 6.45) is 3.42. The van der Waals surface area contributed by atoms with Crippen LogP contribution in [0.5, 0.6) is 11.6 Å². The molecule has 0 spiro atoms. The molecule has 2 rings (SSSR count). The van der Waals surface area contributed by atoms with Gasteiger partial charge in [0.25, 0.3) is 0 Å². The van der Waals surface area contributed by atoms with Crippen LogP contribution in [0.15, 0.2) is 30.6 Å². The summed E-state index contributed by atoms with van der Waals surface area (Å²) in [7, 11) is 0. The molecule has 2 aromatic heterocycles. The first-order chi connectivity index (χ1) is 9.85. The molecule has 0 bridgehead atoms. The van der Waals surface area contributed by atoms with Gasteiger partial charge in [-0.1, -0.05) is 0 Å². The van der Waals surface area contributed by atoms with Gasteiger partial charge < -0.3 is 10.1 Å². The second kappa shape index (κ2) is 6.22. The first-order valence-corrected chi connectivity index (χ1v) is 7.15. The van der Waals surface area contributed by atoms with Crippen molar-refractivity contribution in [2.24, 2.45) is 0 Å². The van der Waals surface area contributed by atoms with E-state index in [2.05, 4.69) is 49.0 Å². The van der Waals surface area contributed by atoms with Crippen molar-refractivity contribution < 1.29 is 4.74 Å². The van der Waals surface area contributed by atoms with Crippen molar-refractivity contribution in [3.63, 3.8) is 0 Å². The molecule has 2 aromatic rings. The predicted molar refractivity (Wildman–Crippen MR) is 84.6 cm³/mol. The van der Waals surface area contributed by atoms with E-state index < -0.39 is 0 Å². The molecule has 0 radical (unpaired) electrons. The van der Waals surface area contributed by atoms with Crippen LogP contribution in [0.2, 0.25) is 0 Å². The Morgan fingerprint density at radius 3 is 2.62 bits per heavy atom. The SMILES string of the molecule is Cc1cc(C)c(CNC(C)(C)C)c(Oc2cccnc2)n1. The van der Waals surface area contributed by atoms with Gasteiger partial charge in [-0.2, -0.15) is 0 Å². The molecule has 2 heterocycles. The Labute approximate surface area is 126 Å². The van der Waals surface area contributed by atoms with Crippen molar-refractivity contribution in [2.45, 2.75) is 46.7 Å². The molecule has 0 saturated heterocycles. The summed E-state index contributed by atoms with van der Waals surface area (Å²) in [5, 5.41) is 3.49. The second-order valence-electron chi connectivity index (χ2n) is 6.26. The third-order valence-corrected chi connectivity index (χ3v) is 3.08. The normalized spacial score (nSPS) is 11.5. The van der Waals surface area contributed by atoms with Gasteiger partial charge in [0, 0.05) is 29.5 Å². The van der Waals surface area contributed by atoms with Gasteiger partial charge in [0.15, 0.2) is 0 Å².